The molecule has 0 amide bonds. The molecule has 0 bridgehead atoms. The van der Waals surface area contributed by atoms with Gasteiger partial charge in [0, 0.05) is 23.1 Å². The minimum atomic E-state index is 0.568. The molecular weight excluding hydrogens is 250 g/mol. The number of hydrogen-bond acceptors (Lipinski definition) is 2. The molecule has 0 aliphatic carbocycles. The molecule has 1 N–H and O–H groups in total. The van der Waals surface area contributed by atoms with Gasteiger partial charge < -0.3 is 5.32 Å². The zero-order chi connectivity index (χ0) is 13.9. The molecule has 0 fully saturated rings. The molecule has 0 aromatic heterocycles. The summed E-state index contributed by atoms with van der Waals surface area (Å²) in [6.07, 6.45) is 9.68. The van der Waals surface area contributed by atoms with Gasteiger partial charge in [0.05, 0.1) is 0 Å². The van der Waals surface area contributed by atoms with Crippen LogP contribution in [-0.2, 0) is 0 Å². The van der Waals surface area contributed by atoms with Crippen LogP contribution >= 0.6 is 11.8 Å². The maximum absolute atomic E-state index is 5.32. The number of unbranched alkanes of at least 4 members (excludes halogenated alkanes) is 1. The van der Waals surface area contributed by atoms with Crippen LogP contribution in [-0.4, -0.2) is 18.3 Å². The summed E-state index contributed by atoms with van der Waals surface area (Å²) in [5, 5.41) is 3.63. The highest BCUT2D eigenvalue weighted by Gasteiger charge is 2.08. The van der Waals surface area contributed by atoms with Crippen molar-refractivity contribution in [2.75, 3.05) is 12.3 Å². The van der Waals surface area contributed by atoms with Crippen LogP contribution in [0.2, 0.25) is 0 Å². The van der Waals surface area contributed by atoms with Gasteiger partial charge in [-0.1, -0.05) is 25.1 Å². The van der Waals surface area contributed by atoms with Gasteiger partial charge in [0.2, 0.25) is 0 Å². The van der Waals surface area contributed by atoms with Gasteiger partial charge in [0.25, 0.3) is 0 Å². The third-order valence-corrected chi connectivity index (χ3v) is 4.43. The van der Waals surface area contributed by atoms with Gasteiger partial charge in [0.1, 0.15) is 0 Å². The Balaban J connectivity index is 2.43. The van der Waals surface area contributed by atoms with E-state index in [2.05, 4.69) is 49.4 Å². The fourth-order valence-electron chi connectivity index (χ4n) is 1.95. The fourth-order valence-corrected chi connectivity index (χ4v) is 3.09. The molecule has 1 unspecified atom stereocenters. The minimum Gasteiger partial charge on any atom is -0.313 e. The molecule has 0 saturated heterocycles. The number of aryl methyl sites for hydroxylation is 1. The summed E-state index contributed by atoms with van der Waals surface area (Å²) in [5.41, 5.74) is 1.37. The van der Waals surface area contributed by atoms with Crippen molar-refractivity contribution in [3.63, 3.8) is 0 Å². The largest absolute Gasteiger partial charge is 0.313 e. The molecule has 1 aromatic rings. The van der Waals surface area contributed by atoms with E-state index in [1.54, 1.807) is 0 Å². The van der Waals surface area contributed by atoms with Crippen molar-refractivity contribution in [2.45, 2.75) is 50.5 Å². The molecule has 104 valence electrons. The Labute approximate surface area is 122 Å². The number of thioether (sulfide) groups is 1. The Morgan fingerprint density at radius 2 is 2.16 bits per heavy atom. The summed E-state index contributed by atoms with van der Waals surface area (Å²) in [7, 11) is 0. The molecule has 0 heterocycles. The van der Waals surface area contributed by atoms with E-state index in [1.807, 2.05) is 11.8 Å². The molecule has 0 saturated carbocycles. The van der Waals surface area contributed by atoms with E-state index >= 15 is 0 Å². The number of nitrogens with one attached hydrogen (secondary N) is 1. The topological polar surface area (TPSA) is 12.0 Å². The Bertz CT molecular complexity index is 394. The molecule has 19 heavy (non-hydrogen) atoms. The second kappa shape index (κ2) is 9.95. The molecule has 2 heteroatoms. The van der Waals surface area contributed by atoms with Crippen LogP contribution in [0.4, 0.5) is 0 Å². The molecule has 0 aliphatic heterocycles. The zero-order valence-electron chi connectivity index (χ0n) is 12.1. The molecule has 1 atom stereocenters. The quantitative estimate of drug-likeness (QED) is 0.410. The second-order valence-corrected chi connectivity index (χ2v) is 5.89. The van der Waals surface area contributed by atoms with E-state index in [0.29, 0.717) is 6.04 Å². The SMILES string of the molecule is C#CCCCC(CSc1ccccc1C)NCCC. The summed E-state index contributed by atoms with van der Waals surface area (Å²) < 4.78 is 0. The summed E-state index contributed by atoms with van der Waals surface area (Å²) >= 11 is 1.95. The lowest BCUT2D eigenvalue weighted by atomic mass is 10.1. The Kier molecular flexibility index (Phi) is 8.45. The number of benzene rings is 1. The highest BCUT2D eigenvalue weighted by molar-refractivity contribution is 7.99. The second-order valence-electron chi connectivity index (χ2n) is 4.82. The van der Waals surface area contributed by atoms with Crippen molar-refractivity contribution in [1.29, 1.82) is 0 Å². The van der Waals surface area contributed by atoms with Crippen molar-refractivity contribution < 1.29 is 0 Å². The average Bonchev–Trinajstić information content (AvgIpc) is 2.43. The first-order valence-corrected chi connectivity index (χ1v) is 8.11. The Hall–Kier alpha value is -0.910. The molecule has 1 aromatic carbocycles. The van der Waals surface area contributed by atoms with Gasteiger partial charge in [-0.3, -0.25) is 0 Å². The Morgan fingerprint density at radius 3 is 2.84 bits per heavy atom. The molecule has 1 rings (SSSR count). The van der Waals surface area contributed by atoms with Crippen LogP contribution in [0.25, 0.3) is 0 Å². The van der Waals surface area contributed by atoms with Crippen LogP contribution in [0.5, 0.6) is 0 Å². The molecule has 0 radical (unpaired) electrons. The van der Waals surface area contributed by atoms with Crippen LogP contribution in [0, 0.1) is 19.3 Å². The monoisotopic (exact) mass is 275 g/mol. The lowest BCUT2D eigenvalue weighted by Gasteiger charge is -2.18. The van der Waals surface area contributed by atoms with Crippen LogP contribution < -0.4 is 5.32 Å². The molecule has 1 nitrogen and oxygen atoms in total. The van der Waals surface area contributed by atoms with E-state index in [1.165, 1.54) is 23.3 Å². The smallest absolute Gasteiger partial charge is 0.0162 e. The highest BCUT2D eigenvalue weighted by atomic mass is 32.2. The van der Waals surface area contributed by atoms with Crippen molar-refractivity contribution in [3.8, 4) is 12.3 Å². The Morgan fingerprint density at radius 1 is 1.37 bits per heavy atom. The third kappa shape index (κ3) is 6.71. The van der Waals surface area contributed by atoms with Crippen LogP contribution in [0.15, 0.2) is 29.2 Å². The van der Waals surface area contributed by atoms with Crippen molar-refractivity contribution in [3.05, 3.63) is 29.8 Å². The van der Waals surface area contributed by atoms with Crippen LogP contribution in [0.1, 0.15) is 38.2 Å². The molecular formula is C17H25NS. The summed E-state index contributed by atoms with van der Waals surface area (Å²) in [4.78, 5) is 1.39. The first-order valence-electron chi connectivity index (χ1n) is 7.13. The third-order valence-electron chi connectivity index (χ3n) is 3.09. The van der Waals surface area contributed by atoms with Gasteiger partial charge in [-0.15, -0.1) is 24.1 Å². The van der Waals surface area contributed by atoms with Crippen LogP contribution in [0.3, 0.4) is 0 Å². The summed E-state index contributed by atoms with van der Waals surface area (Å²) in [6.45, 7) is 5.48. The van der Waals surface area contributed by atoms with Gasteiger partial charge in [-0.25, -0.2) is 0 Å². The van der Waals surface area contributed by atoms with E-state index in [9.17, 15) is 0 Å². The van der Waals surface area contributed by atoms with E-state index in [0.717, 1.165) is 25.1 Å². The maximum atomic E-state index is 5.32. The zero-order valence-corrected chi connectivity index (χ0v) is 12.9. The number of terminal acetylenes is 1. The average molecular weight is 275 g/mol. The van der Waals surface area contributed by atoms with E-state index < -0.39 is 0 Å². The minimum absolute atomic E-state index is 0.568. The van der Waals surface area contributed by atoms with Gasteiger partial charge >= 0.3 is 0 Å². The molecule has 0 spiro atoms. The highest BCUT2D eigenvalue weighted by Crippen LogP contribution is 2.23. The molecule has 0 aliphatic rings. The number of rotatable bonds is 9. The standard InChI is InChI=1S/C17H25NS/c1-4-6-7-11-16(18-13-5-2)14-19-17-12-9-8-10-15(17)3/h1,8-10,12,16,18H,5-7,11,13-14H2,2-3H3. The van der Waals surface area contributed by atoms with Gasteiger partial charge in [0.15, 0.2) is 0 Å². The van der Waals surface area contributed by atoms with E-state index in [4.69, 9.17) is 6.42 Å². The summed E-state index contributed by atoms with van der Waals surface area (Å²) in [6, 6.07) is 9.16. The lowest BCUT2D eigenvalue weighted by molar-refractivity contribution is 0.508. The van der Waals surface area contributed by atoms with Gasteiger partial charge in [-0.2, -0.15) is 0 Å². The van der Waals surface area contributed by atoms with E-state index in [-0.39, 0.29) is 0 Å². The lowest BCUT2D eigenvalue weighted by Crippen LogP contribution is -2.31. The maximum Gasteiger partial charge on any atom is 0.0162 e. The normalized spacial score (nSPS) is 12.1. The van der Waals surface area contributed by atoms with Crippen molar-refractivity contribution in [1.82, 2.24) is 5.32 Å². The predicted molar refractivity (Wildman–Crippen MR) is 86.7 cm³/mol. The predicted octanol–water partition coefficient (Wildman–Crippen LogP) is 4.26. The summed E-state index contributed by atoms with van der Waals surface area (Å²) in [5.74, 6) is 3.85. The fraction of sp³-hybridized carbons (Fsp3) is 0.529. The first-order chi connectivity index (χ1) is 9.27. The number of hydrogen-bond donors (Lipinski definition) is 1. The van der Waals surface area contributed by atoms with Crippen molar-refractivity contribution >= 4 is 11.8 Å². The van der Waals surface area contributed by atoms with Crippen molar-refractivity contribution in [2.24, 2.45) is 0 Å². The van der Waals surface area contributed by atoms with Gasteiger partial charge in [-0.05, 0) is 44.4 Å². The first kappa shape index (κ1) is 16.1.